The normalized spacial score (nSPS) is 20.8. The molecule has 1 fully saturated rings. The lowest BCUT2D eigenvalue weighted by Crippen LogP contribution is -2.45. The summed E-state index contributed by atoms with van der Waals surface area (Å²) in [4.78, 5) is 34.6. The lowest BCUT2D eigenvalue weighted by molar-refractivity contribution is -0.123. The molecule has 1 amide bonds. The van der Waals surface area contributed by atoms with E-state index in [1.165, 1.54) is 6.33 Å². The number of ether oxygens (including phenoxy) is 1. The number of pyridine rings is 1. The summed E-state index contributed by atoms with van der Waals surface area (Å²) in [6.45, 7) is 2.39. The second kappa shape index (κ2) is 9.13. The molecule has 9 nitrogen and oxygen atoms in total. The van der Waals surface area contributed by atoms with Crippen molar-refractivity contribution in [2.24, 2.45) is 0 Å². The second-order valence-electron chi connectivity index (χ2n) is 7.47. The predicted octanol–water partition coefficient (Wildman–Crippen LogP) is 2.54. The third-order valence-electron chi connectivity index (χ3n) is 5.52. The summed E-state index contributed by atoms with van der Waals surface area (Å²) >= 11 is 0. The summed E-state index contributed by atoms with van der Waals surface area (Å²) in [5.74, 6) is 0.697. The third-order valence-corrected chi connectivity index (χ3v) is 5.52. The summed E-state index contributed by atoms with van der Waals surface area (Å²) in [6, 6.07) is 5.32. The number of amides is 1. The van der Waals surface area contributed by atoms with Gasteiger partial charge in [-0.3, -0.25) is 9.78 Å². The van der Waals surface area contributed by atoms with E-state index in [1.807, 2.05) is 13.0 Å². The smallest absolute Gasteiger partial charge is 0.237 e. The van der Waals surface area contributed by atoms with Crippen molar-refractivity contribution in [2.45, 2.75) is 44.1 Å². The van der Waals surface area contributed by atoms with Crippen LogP contribution in [-0.2, 0) is 10.2 Å². The molecule has 0 spiro atoms. The topological polar surface area (TPSA) is 123 Å². The maximum Gasteiger partial charge on any atom is 0.237 e. The molecule has 31 heavy (non-hydrogen) atoms. The summed E-state index contributed by atoms with van der Waals surface area (Å²) in [5, 5.41) is 12.9. The van der Waals surface area contributed by atoms with Crippen LogP contribution in [0.5, 0.6) is 5.88 Å². The van der Waals surface area contributed by atoms with Gasteiger partial charge in [-0.2, -0.15) is 0 Å². The van der Waals surface area contributed by atoms with E-state index in [0.29, 0.717) is 55.4 Å². The number of anilines is 1. The maximum atomic E-state index is 13.3. The molecule has 0 atom stereocenters. The van der Waals surface area contributed by atoms with E-state index in [1.54, 1.807) is 36.9 Å². The molecule has 0 aliphatic heterocycles. The zero-order valence-electron chi connectivity index (χ0n) is 17.2. The standard InChI is InChI=1S/C22H24N6O3/c1-2-31-20-13-24-12-17(27-20)15-3-4-19(25-11-15)28-21(30)22(8-5-16(29)6-9-22)18-7-10-23-14-26-18/h3-4,7,10-14,16,29H,2,5-6,8-9H2,1H3,(H,25,28,30). The summed E-state index contributed by atoms with van der Waals surface area (Å²) < 4.78 is 5.39. The van der Waals surface area contributed by atoms with Crippen LogP contribution in [0.3, 0.4) is 0 Å². The number of hydrogen-bond donors (Lipinski definition) is 2. The van der Waals surface area contributed by atoms with Crippen molar-refractivity contribution in [1.29, 1.82) is 0 Å². The van der Waals surface area contributed by atoms with E-state index in [9.17, 15) is 9.90 Å². The van der Waals surface area contributed by atoms with Gasteiger partial charge in [0.2, 0.25) is 11.8 Å². The summed E-state index contributed by atoms with van der Waals surface area (Å²) in [6.07, 6.45) is 9.61. The highest BCUT2D eigenvalue weighted by molar-refractivity contribution is 5.98. The highest BCUT2D eigenvalue weighted by atomic mass is 16.5. The van der Waals surface area contributed by atoms with Crippen LogP contribution in [0.15, 0.2) is 49.3 Å². The van der Waals surface area contributed by atoms with E-state index in [2.05, 4.69) is 30.2 Å². The predicted molar refractivity (Wildman–Crippen MR) is 113 cm³/mol. The highest BCUT2D eigenvalue weighted by Crippen LogP contribution is 2.39. The Labute approximate surface area is 180 Å². The van der Waals surface area contributed by atoms with Crippen LogP contribution in [-0.4, -0.2) is 48.6 Å². The zero-order valence-corrected chi connectivity index (χ0v) is 17.2. The number of aromatic nitrogens is 5. The average Bonchev–Trinajstić information content (AvgIpc) is 2.81. The molecule has 3 aromatic rings. The fraction of sp³-hybridized carbons (Fsp3) is 0.364. The summed E-state index contributed by atoms with van der Waals surface area (Å²) in [7, 11) is 0. The molecule has 3 aromatic heterocycles. The number of rotatable bonds is 6. The lowest BCUT2D eigenvalue weighted by Gasteiger charge is -2.36. The van der Waals surface area contributed by atoms with Gasteiger partial charge in [-0.05, 0) is 50.8 Å². The minimum Gasteiger partial charge on any atom is -0.477 e. The first-order valence-electron chi connectivity index (χ1n) is 10.3. The van der Waals surface area contributed by atoms with Crippen LogP contribution in [0.4, 0.5) is 5.82 Å². The van der Waals surface area contributed by atoms with Crippen molar-refractivity contribution in [3.05, 3.63) is 55.0 Å². The Morgan fingerprint density at radius 2 is 2.00 bits per heavy atom. The van der Waals surface area contributed by atoms with Crippen LogP contribution in [0.25, 0.3) is 11.3 Å². The zero-order chi connectivity index (χ0) is 21.7. The molecule has 0 unspecified atom stereocenters. The van der Waals surface area contributed by atoms with Crippen LogP contribution < -0.4 is 10.1 Å². The van der Waals surface area contributed by atoms with Crippen molar-refractivity contribution in [1.82, 2.24) is 24.9 Å². The van der Waals surface area contributed by atoms with Crippen molar-refractivity contribution < 1.29 is 14.6 Å². The molecule has 9 heteroatoms. The van der Waals surface area contributed by atoms with Crippen molar-refractivity contribution >= 4 is 11.7 Å². The van der Waals surface area contributed by atoms with Gasteiger partial charge in [0.05, 0.1) is 41.9 Å². The molecule has 3 heterocycles. The fourth-order valence-electron chi connectivity index (χ4n) is 3.83. The monoisotopic (exact) mass is 420 g/mol. The van der Waals surface area contributed by atoms with Crippen molar-refractivity contribution in [2.75, 3.05) is 11.9 Å². The lowest BCUT2D eigenvalue weighted by atomic mass is 9.70. The van der Waals surface area contributed by atoms with Gasteiger partial charge < -0.3 is 15.2 Å². The Morgan fingerprint density at radius 1 is 1.16 bits per heavy atom. The molecule has 1 aliphatic carbocycles. The van der Waals surface area contributed by atoms with Gasteiger partial charge in [0.15, 0.2) is 0 Å². The van der Waals surface area contributed by atoms with E-state index in [-0.39, 0.29) is 5.91 Å². The van der Waals surface area contributed by atoms with Gasteiger partial charge in [-0.15, -0.1) is 0 Å². The van der Waals surface area contributed by atoms with E-state index >= 15 is 0 Å². The quantitative estimate of drug-likeness (QED) is 0.624. The van der Waals surface area contributed by atoms with Gasteiger partial charge in [-0.1, -0.05) is 0 Å². The van der Waals surface area contributed by atoms with Crippen molar-refractivity contribution in [3.8, 4) is 17.1 Å². The van der Waals surface area contributed by atoms with Crippen molar-refractivity contribution in [3.63, 3.8) is 0 Å². The molecule has 1 aliphatic rings. The first kappa shape index (κ1) is 20.8. The number of aliphatic hydroxyl groups is 1. The highest BCUT2D eigenvalue weighted by Gasteiger charge is 2.44. The number of aliphatic hydroxyl groups excluding tert-OH is 1. The van der Waals surface area contributed by atoms with Crippen LogP contribution >= 0.6 is 0 Å². The third kappa shape index (κ3) is 4.51. The fourth-order valence-corrected chi connectivity index (χ4v) is 3.83. The first-order valence-corrected chi connectivity index (χ1v) is 10.3. The molecule has 1 saturated carbocycles. The van der Waals surface area contributed by atoms with Gasteiger partial charge in [0, 0.05) is 18.0 Å². The Hall–Kier alpha value is -3.46. The Morgan fingerprint density at radius 3 is 2.68 bits per heavy atom. The van der Waals surface area contributed by atoms with E-state index in [4.69, 9.17) is 4.74 Å². The van der Waals surface area contributed by atoms with E-state index < -0.39 is 11.5 Å². The minimum absolute atomic E-state index is 0.184. The SMILES string of the molecule is CCOc1cncc(-c2ccc(NC(=O)C3(c4ccncn4)CCC(O)CC3)nc2)n1. The number of carbonyl (C=O) groups excluding carboxylic acids is 1. The average molecular weight is 420 g/mol. The largest absolute Gasteiger partial charge is 0.477 e. The maximum absolute atomic E-state index is 13.3. The number of carbonyl (C=O) groups is 1. The molecule has 0 bridgehead atoms. The molecule has 4 rings (SSSR count). The van der Waals surface area contributed by atoms with Gasteiger partial charge in [-0.25, -0.2) is 19.9 Å². The molecule has 0 saturated heterocycles. The molecule has 0 aromatic carbocycles. The first-order chi connectivity index (χ1) is 15.1. The molecule has 160 valence electrons. The summed E-state index contributed by atoms with van der Waals surface area (Å²) in [5.41, 5.74) is 1.24. The van der Waals surface area contributed by atoms with Gasteiger partial charge >= 0.3 is 0 Å². The molecule has 0 radical (unpaired) electrons. The number of nitrogens with one attached hydrogen (secondary N) is 1. The van der Waals surface area contributed by atoms with E-state index in [0.717, 1.165) is 5.56 Å². The molecular weight excluding hydrogens is 396 g/mol. The Balaban J connectivity index is 1.54. The van der Waals surface area contributed by atoms with Crippen LogP contribution in [0.2, 0.25) is 0 Å². The van der Waals surface area contributed by atoms with Gasteiger partial charge in [0.1, 0.15) is 12.1 Å². The Kier molecular flexibility index (Phi) is 6.13. The number of nitrogens with zero attached hydrogens (tertiary/aromatic N) is 5. The van der Waals surface area contributed by atoms with Gasteiger partial charge in [0.25, 0.3) is 0 Å². The second-order valence-corrected chi connectivity index (χ2v) is 7.47. The number of hydrogen-bond acceptors (Lipinski definition) is 8. The molecule has 2 N–H and O–H groups in total. The minimum atomic E-state index is -0.820. The Bertz CT molecular complexity index is 1020. The molecular formula is C22H24N6O3. The van der Waals surface area contributed by atoms with Crippen LogP contribution in [0, 0.1) is 0 Å². The van der Waals surface area contributed by atoms with Crippen LogP contribution in [0.1, 0.15) is 38.3 Å².